The third kappa shape index (κ3) is 1.83. The molecule has 2 aromatic rings. The zero-order valence-electron chi connectivity index (χ0n) is 7.21. The van der Waals surface area contributed by atoms with Gasteiger partial charge in [0.2, 0.25) is 0 Å². The lowest BCUT2D eigenvalue weighted by atomic mass is 10.1. The van der Waals surface area contributed by atoms with Gasteiger partial charge in [-0.1, -0.05) is 12.1 Å². The van der Waals surface area contributed by atoms with Crippen LogP contribution in [0.15, 0.2) is 35.2 Å². The van der Waals surface area contributed by atoms with Crippen molar-refractivity contribution in [2.24, 2.45) is 0 Å². The van der Waals surface area contributed by atoms with Gasteiger partial charge in [0.25, 0.3) is 0 Å². The second-order valence-electron chi connectivity index (χ2n) is 3.13. The topological polar surface area (TPSA) is 0 Å². The molecule has 0 aliphatic heterocycles. The standard InChI is InChI=1S/C11H9IS/c1-7-4-8-2-3-10(12)5-9(8)6-11(7)13/h2-6,13H,1H3. The van der Waals surface area contributed by atoms with Crippen LogP contribution in [0.5, 0.6) is 0 Å². The first-order valence-electron chi connectivity index (χ1n) is 4.06. The van der Waals surface area contributed by atoms with E-state index in [0.29, 0.717) is 0 Å². The molecule has 2 rings (SSSR count). The number of fused-ring (bicyclic) bond motifs is 1. The van der Waals surface area contributed by atoms with E-state index in [-0.39, 0.29) is 0 Å². The van der Waals surface area contributed by atoms with Crippen LogP contribution < -0.4 is 0 Å². The maximum absolute atomic E-state index is 4.41. The van der Waals surface area contributed by atoms with Crippen molar-refractivity contribution in [3.8, 4) is 0 Å². The molecule has 0 N–H and O–H groups in total. The largest absolute Gasteiger partial charge is 0.143 e. The summed E-state index contributed by atoms with van der Waals surface area (Å²) in [4.78, 5) is 1.06. The minimum absolute atomic E-state index is 1.06. The van der Waals surface area contributed by atoms with Crippen molar-refractivity contribution in [3.63, 3.8) is 0 Å². The Kier molecular flexibility index (Phi) is 2.51. The molecule has 2 heteroatoms. The highest BCUT2D eigenvalue weighted by atomic mass is 127. The van der Waals surface area contributed by atoms with Gasteiger partial charge in [0.05, 0.1) is 0 Å². The van der Waals surface area contributed by atoms with Gasteiger partial charge in [-0.25, -0.2) is 0 Å². The molecular weight excluding hydrogens is 291 g/mol. The van der Waals surface area contributed by atoms with Crippen LogP contribution in [0.4, 0.5) is 0 Å². The highest BCUT2D eigenvalue weighted by Crippen LogP contribution is 2.23. The number of aryl methyl sites for hydroxylation is 1. The summed E-state index contributed by atoms with van der Waals surface area (Å²) >= 11 is 6.73. The van der Waals surface area contributed by atoms with Crippen LogP contribution in [0.2, 0.25) is 0 Å². The molecule has 0 saturated heterocycles. The number of benzene rings is 2. The summed E-state index contributed by atoms with van der Waals surface area (Å²) in [7, 11) is 0. The van der Waals surface area contributed by atoms with Gasteiger partial charge in [-0.3, -0.25) is 0 Å². The number of halogens is 1. The summed E-state index contributed by atoms with van der Waals surface area (Å²) in [6, 6.07) is 10.7. The fourth-order valence-electron chi connectivity index (χ4n) is 1.37. The molecule has 0 fully saturated rings. The fourth-order valence-corrected chi connectivity index (χ4v) is 2.09. The first kappa shape index (κ1) is 9.34. The Labute approximate surface area is 96.9 Å². The summed E-state index contributed by atoms with van der Waals surface area (Å²) in [6.45, 7) is 2.08. The van der Waals surface area contributed by atoms with Crippen molar-refractivity contribution in [3.05, 3.63) is 39.5 Å². The molecule has 0 aliphatic carbocycles. The van der Waals surface area contributed by atoms with Crippen molar-refractivity contribution < 1.29 is 0 Å². The molecule has 0 radical (unpaired) electrons. The van der Waals surface area contributed by atoms with Crippen LogP contribution in [0, 0.1) is 10.5 Å². The van der Waals surface area contributed by atoms with Crippen molar-refractivity contribution in [1.82, 2.24) is 0 Å². The molecule has 13 heavy (non-hydrogen) atoms. The molecule has 0 unspecified atom stereocenters. The predicted molar refractivity (Wildman–Crippen MR) is 68.7 cm³/mol. The molecule has 0 amide bonds. The number of thiol groups is 1. The Bertz CT molecular complexity index is 463. The molecule has 0 saturated carbocycles. The second-order valence-corrected chi connectivity index (χ2v) is 4.86. The Morgan fingerprint density at radius 2 is 1.85 bits per heavy atom. The molecule has 0 heterocycles. The Balaban J connectivity index is 2.81. The minimum atomic E-state index is 1.06. The Morgan fingerprint density at radius 1 is 1.08 bits per heavy atom. The van der Waals surface area contributed by atoms with Gasteiger partial charge in [0.1, 0.15) is 0 Å². The predicted octanol–water partition coefficient (Wildman–Crippen LogP) is 4.04. The van der Waals surface area contributed by atoms with Crippen molar-refractivity contribution in [2.45, 2.75) is 11.8 Å². The maximum Gasteiger partial charge on any atom is 0.0136 e. The van der Waals surface area contributed by atoms with Gasteiger partial charge in [-0.2, -0.15) is 0 Å². The molecule has 0 aliphatic rings. The lowest BCUT2D eigenvalue weighted by molar-refractivity contribution is 1.34. The average Bonchev–Trinajstić information content (AvgIpc) is 2.08. The van der Waals surface area contributed by atoms with Crippen molar-refractivity contribution in [2.75, 3.05) is 0 Å². The van der Waals surface area contributed by atoms with E-state index >= 15 is 0 Å². The highest BCUT2D eigenvalue weighted by Gasteiger charge is 1.98. The Morgan fingerprint density at radius 3 is 2.62 bits per heavy atom. The zero-order valence-corrected chi connectivity index (χ0v) is 10.3. The first-order chi connectivity index (χ1) is 6.16. The van der Waals surface area contributed by atoms with E-state index < -0.39 is 0 Å². The molecule has 0 atom stereocenters. The van der Waals surface area contributed by atoms with Crippen LogP contribution in [-0.2, 0) is 0 Å². The van der Waals surface area contributed by atoms with Crippen LogP contribution in [-0.4, -0.2) is 0 Å². The molecule has 0 bridgehead atoms. The van der Waals surface area contributed by atoms with E-state index in [9.17, 15) is 0 Å². The number of rotatable bonds is 0. The first-order valence-corrected chi connectivity index (χ1v) is 5.58. The highest BCUT2D eigenvalue weighted by molar-refractivity contribution is 14.1. The lowest BCUT2D eigenvalue weighted by Crippen LogP contribution is -1.79. The smallest absolute Gasteiger partial charge is 0.0136 e. The van der Waals surface area contributed by atoms with Crippen molar-refractivity contribution in [1.29, 1.82) is 0 Å². The van der Waals surface area contributed by atoms with Gasteiger partial charge < -0.3 is 0 Å². The molecule has 0 spiro atoms. The molecule has 0 nitrogen and oxygen atoms in total. The van der Waals surface area contributed by atoms with E-state index in [1.807, 2.05) is 0 Å². The van der Waals surface area contributed by atoms with E-state index in [4.69, 9.17) is 0 Å². The summed E-state index contributed by atoms with van der Waals surface area (Å²) < 4.78 is 1.27. The van der Waals surface area contributed by atoms with Crippen molar-refractivity contribution >= 4 is 46.0 Å². The van der Waals surface area contributed by atoms with E-state index in [0.717, 1.165) is 4.90 Å². The number of hydrogen-bond donors (Lipinski definition) is 1. The fraction of sp³-hybridized carbons (Fsp3) is 0.0909. The molecule has 0 aromatic heterocycles. The minimum Gasteiger partial charge on any atom is -0.143 e. The molecular formula is C11H9IS. The Hall–Kier alpha value is -0.220. The van der Waals surface area contributed by atoms with E-state index in [1.165, 1.54) is 19.9 Å². The monoisotopic (exact) mass is 300 g/mol. The molecule has 66 valence electrons. The quantitative estimate of drug-likeness (QED) is 0.551. The van der Waals surface area contributed by atoms with E-state index in [2.05, 4.69) is 72.5 Å². The SMILES string of the molecule is Cc1cc2ccc(I)cc2cc1S. The summed E-state index contributed by atoms with van der Waals surface area (Å²) in [5.41, 5.74) is 1.23. The number of hydrogen-bond acceptors (Lipinski definition) is 1. The third-order valence-corrected chi connectivity index (χ3v) is 3.27. The van der Waals surface area contributed by atoms with E-state index in [1.54, 1.807) is 0 Å². The lowest BCUT2D eigenvalue weighted by Gasteiger charge is -2.03. The van der Waals surface area contributed by atoms with Gasteiger partial charge in [0.15, 0.2) is 0 Å². The van der Waals surface area contributed by atoms with Gasteiger partial charge in [-0.05, 0) is 64.0 Å². The van der Waals surface area contributed by atoms with Crippen LogP contribution in [0.25, 0.3) is 10.8 Å². The van der Waals surface area contributed by atoms with Gasteiger partial charge >= 0.3 is 0 Å². The summed E-state index contributed by atoms with van der Waals surface area (Å²) in [5, 5.41) is 2.55. The zero-order chi connectivity index (χ0) is 9.42. The van der Waals surface area contributed by atoms with Crippen LogP contribution in [0.3, 0.4) is 0 Å². The van der Waals surface area contributed by atoms with Gasteiger partial charge in [-0.15, -0.1) is 12.6 Å². The molecule has 2 aromatic carbocycles. The van der Waals surface area contributed by atoms with Gasteiger partial charge in [0, 0.05) is 8.47 Å². The summed E-state index contributed by atoms with van der Waals surface area (Å²) in [5.74, 6) is 0. The maximum atomic E-state index is 4.41. The normalized spacial score (nSPS) is 10.7. The summed E-state index contributed by atoms with van der Waals surface area (Å²) in [6.07, 6.45) is 0. The average molecular weight is 300 g/mol. The second kappa shape index (κ2) is 3.50. The van der Waals surface area contributed by atoms with Crippen LogP contribution >= 0.6 is 35.2 Å². The third-order valence-electron chi connectivity index (χ3n) is 2.12. The van der Waals surface area contributed by atoms with Crippen LogP contribution in [0.1, 0.15) is 5.56 Å².